The third kappa shape index (κ3) is 7.70. The summed E-state index contributed by atoms with van der Waals surface area (Å²) >= 11 is 0. The summed E-state index contributed by atoms with van der Waals surface area (Å²) in [4.78, 5) is 33.0. The molecule has 0 spiro atoms. The van der Waals surface area contributed by atoms with E-state index in [0.29, 0.717) is 41.0 Å². The third-order valence-electron chi connectivity index (χ3n) is 7.43. The van der Waals surface area contributed by atoms with Crippen molar-refractivity contribution in [2.75, 3.05) is 36.1 Å². The molecular weight excluding hydrogens is 533 g/mol. The summed E-state index contributed by atoms with van der Waals surface area (Å²) < 4.78 is 18.6. The SMILES string of the molecule is COc1cccc(NC(=O)Nc2cccc(C(=O)Nc3ccccn3)c2CN2CCC(Cc3ccc(F)cc3)CC2)c1. The monoisotopic (exact) mass is 567 g/mol. The molecule has 9 heteroatoms. The van der Waals surface area contributed by atoms with Gasteiger partial charge in [0.1, 0.15) is 17.4 Å². The maximum Gasteiger partial charge on any atom is 0.323 e. The van der Waals surface area contributed by atoms with Crippen molar-refractivity contribution >= 4 is 29.1 Å². The van der Waals surface area contributed by atoms with E-state index in [1.165, 1.54) is 12.1 Å². The number of methoxy groups -OCH3 is 1. The number of likely N-dealkylation sites (tertiary alicyclic amines) is 1. The number of amides is 3. The zero-order chi connectivity index (χ0) is 29.3. The Morgan fingerprint density at radius 3 is 2.45 bits per heavy atom. The average molecular weight is 568 g/mol. The molecule has 0 aliphatic carbocycles. The molecule has 1 aromatic heterocycles. The number of anilines is 3. The van der Waals surface area contributed by atoms with Crippen LogP contribution in [0.4, 0.5) is 26.4 Å². The van der Waals surface area contributed by atoms with E-state index in [1.54, 1.807) is 74.0 Å². The molecule has 0 atom stereocenters. The van der Waals surface area contributed by atoms with E-state index < -0.39 is 6.03 Å². The van der Waals surface area contributed by atoms with Crippen LogP contribution in [0.1, 0.15) is 34.3 Å². The molecule has 4 aromatic rings. The van der Waals surface area contributed by atoms with E-state index >= 15 is 0 Å². The minimum atomic E-state index is -0.426. The van der Waals surface area contributed by atoms with E-state index in [1.807, 2.05) is 12.1 Å². The lowest BCUT2D eigenvalue weighted by molar-refractivity contribution is 0.102. The Labute approximate surface area is 244 Å². The molecule has 0 unspecified atom stereocenters. The highest BCUT2D eigenvalue weighted by Crippen LogP contribution is 2.28. The molecular formula is C33H34FN5O3. The van der Waals surface area contributed by atoms with Gasteiger partial charge in [0.25, 0.3) is 5.91 Å². The van der Waals surface area contributed by atoms with Crippen LogP contribution in [0, 0.1) is 11.7 Å². The molecule has 3 aromatic carbocycles. The molecule has 1 aliphatic heterocycles. The van der Waals surface area contributed by atoms with Gasteiger partial charge in [-0.1, -0.05) is 30.3 Å². The number of piperidine rings is 1. The average Bonchev–Trinajstić information content (AvgIpc) is 3.00. The number of nitrogens with one attached hydrogen (secondary N) is 3. The van der Waals surface area contributed by atoms with Gasteiger partial charge in [-0.25, -0.2) is 14.2 Å². The van der Waals surface area contributed by atoms with Crippen LogP contribution in [0.15, 0.2) is 91.1 Å². The van der Waals surface area contributed by atoms with E-state index in [2.05, 4.69) is 25.8 Å². The van der Waals surface area contributed by atoms with Crippen LogP contribution < -0.4 is 20.7 Å². The first-order valence-electron chi connectivity index (χ1n) is 14.0. The van der Waals surface area contributed by atoms with E-state index in [-0.39, 0.29) is 11.7 Å². The molecule has 3 N–H and O–H groups in total. The molecule has 5 rings (SSSR count). The highest BCUT2D eigenvalue weighted by Gasteiger charge is 2.24. The van der Waals surface area contributed by atoms with Crippen LogP contribution in [0.3, 0.4) is 0 Å². The van der Waals surface area contributed by atoms with Gasteiger partial charge in [0, 0.05) is 41.3 Å². The first kappa shape index (κ1) is 28.8. The van der Waals surface area contributed by atoms with Gasteiger partial charge in [0.15, 0.2) is 0 Å². The molecule has 216 valence electrons. The van der Waals surface area contributed by atoms with Crippen molar-refractivity contribution in [3.63, 3.8) is 0 Å². The lowest BCUT2D eigenvalue weighted by Crippen LogP contribution is -2.35. The van der Waals surface area contributed by atoms with E-state index in [4.69, 9.17) is 4.74 Å². The molecule has 0 saturated carbocycles. The van der Waals surface area contributed by atoms with Crippen LogP contribution in [-0.4, -0.2) is 42.0 Å². The number of ether oxygens (including phenoxy) is 1. The summed E-state index contributed by atoms with van der Waals surface area (Å²) in [7, 11) is 1.57. The van der Waals surface area contributed by atoms with Crippen molar-refractivity contribution in [3.8, 4) is 5.75 Å². The Balaban J connectivity index is 1.32. The predicted octanol–water partition coefficient (Wildman–Crippen LogP) is 6.58. The summed E-state index contributed by atoms with van der Waals surface area (Å²) in [6.45, 7) is 2.18. The Morgan fingerprint density at radius 2 is 1.71 bits per heavy atom. The minimum absolute atomic E-state index is 0.221. The molecule has 8 nitrogen and oxygen atoms in total. The fourth-order valence-corrected chi connectivity index (χ4v) is 5.22. The Hall–Kier alpha value is -4.76. The van der Waals surface area contributed by atoms with E-state index in [0.717, 1.165) is 43.5 Å². The van der Waals surface area contributed by atoms with Crippen LogP contribution in [0.25, 0.3) is 0 Å². The fourth-order valence-electron chi connectivity index (χ4n) is 5.22. The van der Waals surface area contributed by atoms with Crippen molar-refractivity contribution in [1.82, 2.24) is 9.88 Å². The van der Waals surface area contributed by atoms with Gasteiger partial charge in [-0.15, -0.1) is 0 Å². The molecule has 0 radical (unpaired) electrons. The molecule has 2 heterocycles. The number of benzene rings is 3. The summed E-state index contributed by atoms with van der Waals surface area (Å²) in [5, 5.41) is 8.66. The highest BCUT2D eigenvalue weighted by molar-refractivity contribution is 6.07. The number of pyridine rings is 1. The molecule has 0 bridgehead atoms. The van der Waals surface area contributed by atoms with Gasteiger partial charge in [0.2, 0.25) is 0 Å². The Morgan fingerprint density at radius 1 is 0.929 bits per heavy atom. The number of rotatable bonds is 9. The predicted molar refractivity (Wildman–Crippen MR) is 162 cm³/mol. The summed E-state index contributed by atoms with van der Waals surface area (Å²) in [6, 6.07) is 24.0. The second-order valence-electron chi connectivity index (χ2n) is 10.4. The molecule has 3 amide bonds. The highest BCUT2D eigenvalue weighted by atomic mass is 19.1. The number of hydrogen-bond acceptors (Lipinski definition) is 5. The number of carbonyl (C=O) groups is 2. The number of hydrogen-bond donors (Lipinski definition) is 3. The van der Waals surface area contributed by atoms with Crippen LogP contribution in [0.5, 0.6) is 5.75 Å². The fraction of sp³-hybridized carbons (Fsp3) is 0.242. The lowest BCUT2D eigenvalue weighted by Gasteiger charge is -2.33. The van der Waals surface area contributed by atoms with Crippen LogP contribution >= 0.6 is 0 Å². The van der Waals surface area contributed by atoms with Crippen molar-refractivity contribution in [1.29, 1.82) is 0 Å². The van der Waals surface area contributed by atoms with Crippen LogP contribution in [-0.2, 0) is 13.0 Å². The normalized spacial score (nSPS) is 13.8. The second kappa shape index (κ2) is 13.7. The largest absolute Gasteiger partial charge is 0.497 e. The van der Waals surface area contributed by atoms with Gasteiger partial charge in [-0.2, -0.15) is 0 Å². The standard InChI is InChI=1S/C33H34FN5O3/c1-42-27-7-4-6-26(21-27)36-33(41)37-30-9-5-8-28(32(40)38-31-10-2-3-17-35-31)29(30)22-39-18-15-24(16-19-39)20-23-11-13-25(34)14-12-23/h2-14,17,21,24H,15-16,18-20,22H2,1H3,(H,35,38,40)(H2,36,37,41). The first-order chi connectivity index (χ1) is 20.5. The van der Waals surface area contributed by atoms with Gasteiger partial charge in [-0.05, 0) is 92.4 Å². The van der Waals surface area contributed by atoms with E-state index in [9.17, 15) is 14.0 Å². The first-order valence-corrected chi connectivity index (χ1v) is 14.0. The third-order valence-corrected chi connectivity index (χ3v) is 7.43. The number of nitrogens with zero attached hydrogens (tertiary/aromatic N) is 2. The lowest BCUT2D eigenvalue weighted by atomic mass is 9.90. The maximum absolute atomic E-state index is 13.4. The minimum Gasteiger partial charge on any atom is -0.497 e. The molecule has 1 saturated heterocycles. The summed E-state index contributed by atoms with van der Waals surface area (Å²) in [5.41, 5.74) is 3.47. The number of aromatic nitrogens is 1. The van der Waals surface area contributed by atoms with Crippen molar-refractivity contribution in [2.45, 2.75) is 25.8 Å². The van der Waals surface area contributed by atoms with Crippen molar-refractivity contribution < 1.29 is 18.7 Å². The maximum atomic E-state index is 13.4. The second-order valence-corrected chi connectivity index (χ2v) is 10.4. The number of halogens is 1. The summed E-state index contributed by atoms with van der Waals surface area (Å²) in [6.07, 6.45) is 4.50. The van der Waals surface area contributed by atoms with Gasteiger partial charge in [0.05, 0.1) is 7.11 Å². The number of carbonyl (C=O) groups excluding carboxylic acids is 2. The van der Waals surface area contributed by atoms with Gasteiger partial charge >= 0.3 is 6.03 Å². The van der Waals surface area contributed by atoms with Crippen molar-refractivity contribution in [3.05, 3.63) is 114 Å². The zero-order valence-electron chi connectivity index (χ0n) is 23.5. The van der Waals surface area contributed by atoms with Crippen LogP contribution in [0.2, 0.25) is 0 Å². The number of urea groups is 1. The summed E-state index contributed by atoms with van der Waals surface area (Å²) in [5.74, 6) is 1.06. The topological polar surface area (TPSA) is 95.6 Å². The molecule has 1 fully saturated rings. The van der Waals surface area contributed by atoms with Gasteiger partial charge in [-0.3, -0.25) is 9.69 Å². The van der Waals surface area contributed by atoms with Gasteiger partial charge < -0.3 is 20.7 Å². The quantitative estimate of drug-likeness (QED) is 0.212. The smallest absolute Gasteiger partial charge is 0.323 e. The Kier molecular flexibility index (Phi) is 9.41. The van der Waals surface area contributed by atoms with Crippen molar-refractivity contribution in [2.24, 2.45) is 5.92 Å². The zero-order valence-corrected chi connectivity index (χ0v) is 23.5. The molecule has 42 heavy (non-hydrogen) atoms. The molecule has 1 aliphatic rings. The Bertz CT molecular complexity index is 1510.